The Kier molecular flexibility index (Phi) is 11.5. The zero-order chi connectivity index (χ0) is 17.1. The van der Waals surface area contributed by atoms with Crippen LogP contribution in [0, 0.1) is 5.92 Å². The van der Waals surface area contributed by atoms with Gasteiger partial charge in [0.2, 0.25) is 0 Å². The van der Waals surface area contributed by atoms with E-state index >= 15 is 0 Å². The van der Waals surface area contributed by atoms with Crippen molar-refractivity contribution in [2.24, 2.45) is 5.92 Å². The first-order chi connectivity index (χ1) is 10.3. The van der Waals surface area contributed by atoms with Gasteiger partial charge in [-0.3, -0.25) is 4.79 Å². The SMILES string of the molecule is CCCC(CCC)C(=O)OC(CC(C)OC(C)CO)C(C)O. The molecule has 5 heteroatoms. The molecule has 2 N–H and O–H groups in total. The number of hydrogen-bond donors (Lipinski definition) is 2. The lowest BCUT2D eigenvalue weighted by Crippen LogP contribution is -2.36. The second-order valence-electron chi connectivity index (χ2n) is 6.17. The molecular weight excluding hydrogens is 284 g/mol. The molecule has 0 aromatic rings. The van der Waals surface area contributed by atoms with E-state index in [1.165, 1.54) is 0 Å². The van der Waals surface area contributed by atoms with Gasteiger partial charge in [0.15, 0.2) is 0 Å². The highest BCUT2D eigenvalue weighted by Gasteiger charge is 2.27. The van der Waals surface area contributed by atoms with Crippen LogP contribution in [0.2, 0.25) is 0 Å². The monoisotopic (exact) mass is 318 g/mol. The molecule has 22 heavy (non-hydrogen) atoms. The van der Waals surface area contributed by atoms with Crippen molar-refractivity contribution in [3.05, 3.63) is 0 Å². The lowest BCUT2D eigenvalue weighted by Gasteiger charge is -2.27. The van der Waals surface area contributed by atoms with Gasteiger partial charge in [-0.25, -0.2) is 0 Å². The third kappa shape index (κ3) is 8.71. The summed E-state index contributed by atoms with van der Waals surface area (Å²) in [6, 6.07) is 0. The summed E-state index contributed by atoms with van der Waals surface area (Å²) >= 11 is 0. The number of carbonyl (C=O) groups excluding carboxylic acids is 1. The molecule has 0 heterocycles. The van der Waals surface area contributed by atoms with Crippen molar-refractivity contribution in [1.82, 2.24) is 0 Å². The minimum atomic E-state index is -0.747. The molecule has 0 bridgehead atoms. The van der Waals surface area contributed by atoms with Gasteiger partial charge in [-0.15, -0.1) is 0 Å². The summed E-state index contributed by atoms with van der Waals surface area (Å²) in [6.07, 6.45) is 2.11. The second kappa shape index (κ2) is 11.9. The van der Waals surface area contributed by atoms with Crippen LogP contribution in [0.1, 0.15) is 66.7 Å². The number of esters is 1. The molecule has 0 saturated carbocycles. The normalized spacial score (nSPS) is 17.1. The highest BCUT2D eigenvalue weighted by Crippen LogP contribution is 2.19. The van der Waals surface area contributed by atoms with E-state index < -0.39 is 12.2 Å². The third-order valence-electron chi connectivity index (χ3n) is 3.70. The Morgan fingerprint density at radius 3 is 2.00 bits per heavy atom. The number of carbonyl (C=O) groups is 1. The number of ether oxygens (including phenoxy) is 2. The fourth-order valence-corrected chi connectivity index (χ4v) is 2.49. The van der Waals surface area contributed by atoms with Crippen molar-refractivity contribution < 1.29 is 24.5 Å². The smallest absolute Gasteiger partial charge is 0.309 e. The quantitative estimate of drug-likeness (QED) is 0.541. The van der Waals surface area contributed by atoms with E-state index in [4.69, 9.17) is 14.6 Å². The Labute approximate surface area is 135 Å². The fraction of sp³-hybridized carbons (Fsp3) is 0.941. The van der Waals surface area contributed by atoms with Gasteiger partial charge >= 0.3 is 5.97 Å². The molecule has 0 amide bonds. The van der Waals surface area contributed by atoms with Gasteiger partial charge < -0.3 is 19.7 Å². The van der Waals surface area contributed by atoms with Gasteiger partial charge in [0.25, 0.3) is 0 Å². The molecule has 132 valence electrons. The highest BCUT2D eigenvalue weighted by molar-refractivity contribution is 5.72. The van der Waals surface area contributed by atoms with E-state index in [9.17, 15) is 9.90 Å². The average molecular weight is 318 g/mol. The van der Waals surface area contributed by atoms with Crippen molar-refractivity contribution in [1.29, 1.82) is 0 Å². The van der Waals surface area contributed by atoms with Gasteiger partial charge in [0.05, 0.1) is 30.8 Å². The summed E-state index contributed by atoms with van der Waals surface area (Å²) in [5.74, 6) is -0.319. The van der Waals surface area contributed by atoms with Crippen LogP contribution in [-0.4, -0.2) is 47.2 Å². The first-order valence-corrected chi connectivity index (χ1v) is 8.50. The zero-order valence-electron chi connectivity index (χ0n) is 14.7. The molecule has 0 spiro atoms. The molecule has 0 rings (SSSR count). The molecule has 5 nitrogen and oxygen atoms in total. The van der Waals surface area contributed by atoms with Crippen molar-refractivity contribution in [3.63, 3.8) is 0 Å². The van der Waals surface area contributed by atoms with Crippen molar-refractivity contribution >= 4 is 5.97 Å². The van der Waals surface area contributed by atoms with Gasteiger partial charge in [0.1, 0.15) is 6.10 Å². The van der Waals surface area contributed by atoms with Crippen molar-refractivity contribution in [2.45, 2.75) is 91.1 Å². The summed E-state index contributed by atoms with van der Waals surface area (Å²) in [7, 11) is 0. The van der Waals surface area contributed by atoms with E-state index in [0.717, 1.165) is 25.7 Å². The number of aliphatic hydroxyl groups excluding tert-OH is 2. The predicted octanol–water partition coefficient (Wildman–Crippen LogP) is 2.67. The van der Waals surface area contributed by atoms with Crippen molar-refractivity contribution in [3.8, 4) is 0 Å². The maximum atomic E-state index is 12.3. The maximum absolute atomic E-state index is 12.3. The van der Waals surface area contributed by atoms with Crippen LogP contribution in [-0.2, 0) is 14.3 Å². The second-order valence-corrected chi connectivity index (χ2v) is 6.17. The summed E-state index contributed by atoms with van der Waals surface area (Å²) in [4.78, 5) is 12.3. The first-order valence-electron chi connectivity index (χ1n) is 8.50. The Bertz CT molecular complexity index is 287. The van der Waals surface area contributed by atoms with Gasteiger partial charge in [-0.1, -0.05) is 26.7 Å². The lowest BCUT2D eigenvalue weighted by atomic mass is 9.98. The summed E-state index contributed by atoms with van der Waals surface area (Å²) in [6.45, 7) is 9.29. The fourth-order valence-electron chi connectivity index (χ4n) is 2.49. The van der Waals surface area contributed by atoms with Crippen LogP contribution in [0.25, 0.3) is 0 Å². The van der Waals surface area contributed by atoms with Crippen molar-refractivity contribution in [2.75, 3.05) is 6.61 Å². The topological polar surface area (TPSA) is 76.0 Å². The predicted molar refractivity (Wildman–Crippen MR) is 86.6 cm³/mol. The molecule has 0 aliphatic rings. The number of hydrogen-bond acceptors (Lipinski definition) is 5. The summed E-state index contributed by atoms with van der Waals surface area (Å²) in [5, 5.41) is 18.9. The molecule has 0 aliphatic carbocycles. The Morgan fingerprint density at radius 1 is 1.05 bits per heavy atom. The van der Waals surface area contributed by atoms with Crippen LogP contribution in [0.5, 0.6) is 0 Å². The molecule has 0 aromatic carbocycles. The van der Waals surface area contributed by atoms with E-state index in [0.29, 0.717) is 6.42 Å². The molecule has 0 fully saturated rings. The van der Waals surface area contributed by atoms with E-state index in [-0.39, 0.29) is 30.7 Å². The Morgan fingerprint density at radius 2 is 1.59 bits per heavy atom. The molecule has 4 atom stereocenters. The minimum absolute atomic E-state index is 0.0570. The van der Waals surface area contributed by atoms with Gasteiger partial charge in [-0.2, -0.15) is 0 Å². The maximum Gasteiger partial charge on any atom is 0.309 e. The summed E-state index contributed by atoms with van der Waals surface area (Å²) < 4.78 is 11.1. The Hall–Kier alpha value is -0.650. The molecule has 0 radical (unpaired) electrons. The first kappa shape index (κ1) is 21.4. The van der Waals surface area contributed by atoms with Crippen LogP contribution in [0.3, 0.4) is 0 Å². The standard InChI is InChI=1S/C17H34O5/c1-6-8-15(9-7-2)17(20)22-16(14(5)19)10-12(3)21-13(4)11-18/h12-16,18-19H,6-11H2,1-5H3. The van der Waals surface area contributed by atoms with E-state index in [2.05, 4.69) is 0 Å². The van der Waals surface area contributed by atoms with E-state index in [1.54, 1.807) is 13.8 Å². The zero-order valence-corrected chi connectivity index (χ0v) is 14.7. The molecular formula is C17H34O5. The molecule has 0 aromatic heterocycles. The third-order valence-corrected chi connectivity index (χ3v) is 3.70. The number of aliphatic hydroxyl groups is 2. The highest BCUT2D eigenvalue weighted by atomic mass is 16.6. The molecule has 0 aliphatic heterocycles. The average Bonchev–Trinajstić information content (AvgIpc) is 2.45. The minimum Gasteiger partial charge on any atom is -0.459 e. The number of rotatable bonds is 12. The molecule has 4 unspecified atom stereocenters. The van der Waals surface area contributed by atoms with Crippen LogP contribution in [0.4, 0.5) is 0 Å². The lowest BCUT2D eigenvalue weighted by molar-refractivity contribution is -0.163. The van der Waals surface area contributed by atoms with Crippen LogP contribution >= 0.6 is 0 Å². The van der Waals surface area contributed by atoms with Gasteiger partial charge in [-0.05, 0) is 33.6 Å². The van der Waals surface area contributed by atoms with E-state index in [1.807, 2.05) is 20.8 Å². The summed E-state index contributed by atoms with van der Waals surface area (Å²) in [5.41, 5.74) is 0. The van der Waals surface area contributed by atoms with Crippen LogP contribution in [0.15, 0.2) is 0 Å². The Balaban J connectivity index is 4.58. The van der Waals surface area contributed by atoms with Crippen LogP contribution < -0.4 is 0 Å². The van der Waals surface area contributed by atoms with Gasteiger partial charge in [0, 0.05) is 6.42 Å². The molecule has 0 saturated heterocycles. The largest absolute Gasteiger partial charge is 0.459 e.